The van der Waals surface area contributed by atoms with Crippen molar-refractivity contribution < 1.29 is 0 Å². The largest absolute Gasteiger partial charge is 0.317 e. The van der Waals surface area contributed by atoms with Crippen LogP contribution in [0.15, 0.2) is 0 Å². The molecule has 0 radical (unpaired) electrons. The van der Waals surface area contributed by atoms with Crippen molar-refractivity contribution in [1.82, 2.24) is 5.32 Å². The molecule has 4 saturated carbocycles. The number of hydrogen-bond acceptors (Lipinski definition) is 1. The Morgan fingerprint density at radius 1 is 0.947 bits per heavy atom. The molecule has 0 aromatic heterocycles. The van der Waals surface area contributed by atoms with Gasteiger partial charge in [-0.15, -0.1) is 0 Å². The summed E-state index contributed by atoms with van der Waals surface area (Å²) in [5.41, 5.74) is 2.09. The fourth-order valence-corrected chi connectivity index (χ4v) is 6.74. The second kappa shape index (κ2) is 4.76. The standard InChI is InChI=1S/C18H33N/c1-4-5-7-19-8-6-18-11-15-9-16(2,13-18)12-17(3,10-15)14-18/h15,19H,4-14H2,1-3H3. The van der Waals surface area contributed by atoms with Crippen LogP contribution in [0.3, 0.4) is 0 Å². The average molecular weight is 263 g/mol. The van der Waals surface area contributed by atoms with E-state index in [2.05, 4.69) is 26.1 Å². The van der Waals surface area contributed by atoms with Crippen molar-refractivity contribution in [3.05, 3.63) is 0 Å². The molecule has 19 heavy (non-hydrogen) atoms. The third-order valence-corrected chi connectivity index (χ3v) is 6.28. The first-order valence-electron chi connectivity index (χ1n) is 8.67. The second-order valence-electron chi connectivity index (χ2n) is 8.98. The monoisotopic (exact) mass is 263 g/mol. The summed E-state index contributed by atoms with van der Waals surface area (Å²) in [6.07, 6.45) is 13.3. The molecule has 4 bridgehead atoms. The highest BCUT2D eigenvalue weighted by Gasteiger charge is 2.59. The van der Waals surface area contributed by atoms with Crippen LogP contribution in [0.1, 0.15) is 78.6 Å². The Balaban J connectivity index is 1.61. The third-order valence-electron chi connectivity index (χ3n) is 6.28. The van der Waals surface area contributed by atoms with Gasteiger partial charge in [0, 0.05) is 0 Å². The molecule has 4 rings (SSSR count). The van der Waals surface area contributed by atoms with E-state index in [-0.39, 0.29) is 0 Å². The minimum atomic E-state index is 0.692. The highest BCUT2D eigenvalue weighted by atomic mass is 14.8. The SMILES string of the molecule is CCCCNCCC12CC3CC(C)(CC(C)(C3)C1)C2. The van der Waals surface area contributed by atoms with Crippen LogP contribution in [0.2, 0.25) is 0 Å². The van der Waals surface area contributed by atoms with E-state index in [1.165, 1.54) is 64.5 Å². The maximum absolute atomic E-state index is 3.69. The lowest BCUT2D eigenvalue weighted by Crippen LogP contribution is -2.55. The van der Waals surface area contributed by atoms with Gasteiger partial charge in [-0.2, -0.15) is 0 Å². The zero-order valence-electron chi connectivity index (χ0n) is 13.4. The Kier molecular flexibility index (Phi) is 3.48. The lowest BCUT2D eigenvalue weighted by atomic mass is 9.40. The van der Waals surface area contributed by atoms with Gasteiger partial charge in [-0.25, -0.2) is 0 Å². The fourth-order valence-electron chi connectivity index (χ4n) is 6.74. The molecule has 1 nitrogen and oxygen atoms in total. The number of hydrogen-bond donors (Lipinski definition) is 1. The molecule has 0 aromatic rings. The van der Waals surface area contributed by atoms with Gasteiger partial charge < -0.3 is 5.32 Å². The third kappa shape index (κ3) is 2.73. The van der Waals surface area contributed by atoms with E-state index in [0.717, 1.165) is 5.92 Å². The summed E-state index contributed by atoms with van der Waals surface area (Å²) >= 11 is 0. The molecular formula is C18H33N. The van der Waals surface area contributed by atoms with E-state index in [1.807, 2.05) is 0 Å². The van der Waals surface area contributed by atoms with Crippen molar-refractivity contribution in [2.75, 3.05) is 13.1 Å². The molecule has 4 fully saturated rings. The van der Waals surface area contributed by atoms with Gasteiger partial charge in [0.25, 0.3) is 0 Å². The van der Waals surface area contributed by atoms with E-state index in [0.29, 0.717) is 16.2 Å². The lowest BCUT2D eigenvalue weighted by Gasteiger charge is -2.65. The van der Waals surface area contributed by atoms with Crippen LogP contribution in [0.4, 0.5) is 0 Å². The highest BCUT2D eigenvalue weighted by Crippen LogP contribution is 2.70. The summed E-state index contributed by atoms with van der Waals surface area (Å²) in [7, 11) is 0. The van der Waals surface area contributed by atoms with Crippen LogP contribution in [-0.4, -0.2) is 13.1 Å². The summed E-state index contributed by atoms with van der Waals surface area (Å²) in [6.45, 7) is 9.95. The van der Waals surface area contributed by atoms with E-state index in [1.54, 1.807) is 6.42 Å². The molecule has 1 N–H and O–H groups in total. The Morgan fingerprint density at radius 3 is 2.21 bits per heavy atom. The van der Waals surface area contributed by atoms with Crippen molar-refractivity contribution in [1.29, 1.82) is 0 Å². The van der Waals surface area contributed by atoms with E-state index in [9.17, 15) is 0 Å². The van der Waals surface area contributed by atoms with Crippen molar-refractivity contribution in [2.24, 2.45) is 22.2 Å². The predicted octanol–water partition coefficient (Wildman–Crippen LogP) is 4.76. The molecule has 0 aromatic carbocycles. The molecule has 4 aliphatic rings. The number of rotatable bonds is 6. The van der Waals surface area contributed by atoms with Crippen molar-refractivity contribution in [2.45, 2.75) is 78.6 Å². The van der Waals surface area contributed by atoms with E-state index >= 15 is 0 Å². The van der Waals surface area contributed by atoms with Gasteiger partial charge in [0.15, 0.2) is 0 Å². The summed E-state index contributed by atoms with van der Waals surface area (Å²) in [4.78, 5) is 0. The molecule has 0 heterocycles. The Morgan fingerprint density at radius 2 is 1.63 bits per heavy atom. The lowest BCUT2D eigenvalue weighted by molar-refractivity contribution is -0.147. The number of unbranched alkanes of at least 4 members (excludes halogenated alkanes) is 1. The predicted molar refractivity (Wildman–Crippen MR) is 82.2 cm³/mol. The summed E-state index contributed by atoms with van der Waals surface area (Å²) in [5, 5.41) is 3.69. The number of nitrogens with one attached hydrogen (secondary N) is 1. The van der Waals surface area contributed by atoms with E-state index < -0.39 is 0 Å². The van der Waals surface area contributed by atoms with Crippen LogP contribution in [0, 0.1) is 22.2 Å². The van der Waals surface area contributed by atoms with Gasteiger partial charge in [-0.3, -0.25) is 0 Å². The quantitative estimate of drug-likeness (QED) is 0.681. The van der Waals surface area contributed by atoms with Crippen molar-refractivity contribution in [3.63, 3.8) is 0 Å². The second-order valence-corrected chi connectivity index (χ2v) is 8.98. The van der Waals surface area contributed by atoms with Crippen molar-refractivity contribution >= 4 is 0 Å². The molecule has 0 saturated heterocycles. The van der Waals surface area contributed by atoms with E-state index in [4.69, 9.17) is 0 Å². The zero-order valence-corrected chi connectivity index (χ0v) is 13.4. The Labute approximate surface area is 119 Å². The van der Waals surface area contributed by atoms with Crippen LogP contribution >= 0.6 is 0 Å². The Hall–Kier alpha value is -0.0400. The first kappa shape index (κ1) is 13.9. The van der Waals surface area contributed by atoms with Gasteiger partial charge in [0.05, 0.1) is 0 Å². The van der Waals surface area contributed by atoms with Gasteiger partial charge in [0.2, 0.25) is 0 Å². The van der Waals surface area contributed by atoms with Crippen LogP contribution < -0.4 is 5.32 Å². The summed E-state index contributed by atoms with van der Waals surface area (Å²) in [5.74, 6) is 1.06. The molecular weight excluding hydrogens is 230 g/mol. The molecule has 0 spiro atoms. The summed E-state index contributed by atoms with van der Waals surface area (Å²) < 4.78 is 0. The van der Waals surface area contributed by atoms with Crippen LogP contribution in [-0.2, 0) is 0 Å². The molecule has 0 amide bonds. The normalized spacial score (nSPS) is 47.8. The smallest absolute Gasteiger partial charge is 0.00436 e. The first-order valence-corrected chi connectivity index (χ1v) is 8.67. The molecule has 110 valence electrons. The van der Waals surface area contributed by atoms with Crippen LogP contribution in [0.5, 0.6) is 0 Å². The van der Waals surface area contributed by atoms with Gasteiger partial charge in [-0.1, -0.05) is 27.2 Å². The zero-order chi connectivity index (χ0) is 13.6. The van der Waals surface area contributed by atoms with Crippen LogP contribution in [0.25, 0.3) is 0 Å². The first-order chi connectivity index (χ1) is 8.97. The molecule has 2 unspecified atom stereocenters. The topological polar surface area (TPSA) is 12.0 Å². The summed E-state index contributed by atoms with van der Waals surface area (Å²) in [6, 6.07) is 0. The Bertz CT molecular complexity index is 317. The highest BCUT2D eigenvalue weighted by molar-refractivity contribution is 5.10. The van der Waals surface area contributed by atoms with Gasteiger partial charge in [0.1, 0.15) is 0 Å². The average Bonchev–Trinajstić information content (AvgIpc) is 2.23. The molecule has 1 heteroatoms. The molecule has 2 atom stereocenters. The van der Waals surface area contributed by atoms with Gasteiger partial charge >= 0.3 is 0 Å². The van der Waals surface area contributed by atoms with Gasteiger partial charge in [-0.05, 0) is 86.6 Å². The molecule has 0 aliphatic heterocycles. The van der Waals surface area contributed by atoms with Crippen molar-refractivity contribution in [3.8, 4) is 0 Å². The maximum Gasteiger partial charge on any atom is -0.00436 e. The fraction of sp³-hybridized carbons (Fsp3) is 1.00. The maximum atomic E-state index is 3.69. The minimum absolute atomic E-state index is 0.692. The molecule has 4 aliphatic carbocycles. The minimum Gasteiger partial charge on any atom is -0.317 e.